The molecule has 10 aromatic rings. The number of carboxylic acids is 6. The maximum atomic E-state index is 10.1. The fourth-order valence-corrected chi connectivity index (χ4v) is 6.29. The van der Waals surface area contributed by atoms with E-state index in [9.17, 15) is 10.2 Å². The van der Waals surface area contributed by atoms with Crippen molar-refractivity contribution >= 4 is 101 Å². The molecule has 0 fully saturated rings. The molecule has 0 bridgehead atoms. The first kappa shape index (κ1) is 64.5. The minimum Gasteiger partial charge on any atom is -0.550 e. The Balaban J connectivity index is 0.000000510. The minimum absolute atomic E-state index is 0. The van der Waals surface area contributed by atoms with E-state index in [-0.39, 0.29) is 88.7 Å². The number of phenolic OH excluding ortho intramolecular Hbond substituents is 2. The zero-order chi connectivity index (χ0) is 53.7. The van der Waals surface area contributed by atoms with Gasteiger partial charge in [0.05, 0.1) is 55.3 Å². The molecule has 384 valence electrons. The first-order valence-electron chi connectivity index (χ1n) is 20.7. The number of rotatable bonds is 2. The van der Waals surface area contributed by atoms with Crippen molar-refractivity contribution in [3.05, 3.63) is 122 Å². The Morgan fingerprint density at radius 3 is 0.851 bits per heavy atom. The van der Waals surface area contributed by atoms with E-state index in [1.54, 1.807) is 49.1 Å². The summed E-state index contributed by atoms with van der Waals surface area (Å²) < 4.78 is 0. The topological polar surface area (TPSA) is 390 Å². The summed E-state index contributed by atoms with van der Waals surface area (Å²) in [4.78, 5) is 87.5. The summed E-state index contributed by atoms with van der Waals surface area (Å²) in [7, 11) is 0. The Labute approximate surface area is 481 Å². The van der Waals surface area contributed by atoms with Crippen LogP contribution < -0.4 is 30.6 Å². The number of para-hydroxylation sites is 2. The number of aromatic nitrogens is 8. The number of carbonyl (C=O) groups is 6. The average molecular weight is 1300 g/mol. The van der Waals surface area contributed by atoms with Crippen molar-refractivity contribution in [3.63, 3.8) is 0 Å². The molecular weight excluding hydrogens is 1250 g/mol. The molecule has 0 unspecified atom stereocenters. The number of aromatic amines is 2. The number of pyridine rings is 4. The Morgan fingerprint density at radius 1 is 0.365 bits per heavy atom. The molecule has 0 amide bonds. The summed E-state index contributed by atoms with van der Waals surface area (Å²) in [6.45, 7) is 5.83. The number of phenols is 2. The van der Waals surface area contributed by atoms with Gasteiger partial charge in [0.25, 0.3) is 0 Å². The molecule has 0 spiro atoms. The van der Waals surface area contributed by atoms with Gasteiger partial charge >= 0.3 is 77.2 Å². The predicted octanol–water partition coefficient (Wildman–Crippen LogP) is 0.601. The molecule has 4 aromatic carbocycles. The van der Waals surface area contributed by atoms with Crippen molar-refractivity contribution in [2.45, 2.75) is 41.5 Å². The molecule has 0 saturated carbocycles. The van der Waals surface area contributed by atoms with Crippen molar-refractivity contribution in [1.29, 1.82) is 0 Å². The van der Waals surface area contributed by atoms with Crippen molar-refractivity contribution < 1.29 is 147 Å². The monoisotopic (exact) mass is 1300 g/mol. The number of carbonyl (C=O) groups excluding carboxylic acids is 6. The van der Waals surface area contributed by atoms with Gasteiger partial charge in [0.15, 0.2) is 0 Å². The van der Waals surface area contributed by atoms with Gasteiger partial charge in [-0.15, -0.1) is 0 Å². The van der Waals surface area contributed by atoms with Gasteiger partial charge in [-0.2, -0.15) is 0 Å². The maximum Gasteiger partial charge on any atom is 3.00 e. The van der Waals surface area contributed by atoms with Gasteiger partial charge in [-0.3, -0.25) is 19.9 Å². The Bertz CT molecular complexity index is 3080. The van der Waals surface area contributed by atoms with E-state index in [2.05, 4.69) is 29.9 Å². The van der Waals surface area contributed by atoms with Crippen molar-refractivity contribution in [3.8, 4) is 34.3 Å². The maximum absolute atomic E-state index is 10.1. The van der Waals surface area contributed by atoms with Crippen LogP contribution >= 0.6 is 0 Å². The van der Waals surface area contributed by atoms with Crippen molar-refractivity contribution in [1.82, 2.24) is 39.9 Å². The Kier molecular flexibility index (Phi) is 27.7. The van der Waals surface area contributed by atoms with Crippen LogP contribution in [-0.2, 0) is 28.8 Å². The molecule has 10 rings (SSSR count). The van der Waals surface area contributed by atoms with E-state index in [0.717, 1.165) is 107 Å². The summed E-state index contributed by atoms with van der Waals surface area (Å²) in [5.41, 5.74) is 8.14. The number of aliphatic carboxylic acids is 6. The summed E-state index contributed by atoms with van der Waals surface area (Å²) in [6.07, 6.45) is 7.06. The van der Waals surface area contributed by atoms with Crippen LogP contribution in [0.3, 0.4) is 0 Å². The first-order valence-corrected chi connectivity index (χ1v) is 20.7. The molecule has 0 saturated heterocycles. The van der Waals surface area contributed by atoms with E-state index in [1.165, 1.54) is 0 Å². The molecule has 6 heterocycles. The van der Waals surface area contributed by atoms with Crippen LogP contribution in [0.5, 0.6) is 11.5 Å². The van der Waals surface area contributed by atoms with E-state index < -0.39 is 35.8 Å². The SMILES string of the molecule is CC(=O)[O-].CC(=O)[O-].CC(=O)[O-].CC(=O)[O-].CC(=O)[O-].CC(=O)[O-].Oc1ccccc1-c1nc2c3cccnc3c3ncccc3c2[nH]1.Oc1ccccc1-c1nc2c3cccnc3c3ncccc3c2[nH]1.[Tb+3].[Tb+3]. The Morgan fingerprint density at radius 2 is 0.595 bits per heavy atom. The zero-order valence-corrected chi connectivity index (χ0v) is 44.0. The molecule has 74 heavy (non-hydrogen) atoms. The number of hydrogen-bond acceptors (Lipinski definition) is 20. The van der Waals surface area contributed by atoms with Gasteiger partial charge in [0.2, 0.25) is 0 Å². The molecule has 0 atom stereocenters. The predicted molar refractivity (Wildman–Crippen MR) is 252 cm³/mol. The van der Waals surface area contributed by atoms with Gasteiger partial charge in [0.1, 0.15) is 23.1 Å². The fraction of sp³-hybridized carbons (Fsp3) is 0.120. The third-order valence-electron chi connectivity index (χ3n) is 8.45. The first-order chi connectivity index (χ1) is 34.0. The molecule has 22 nitrogen and oxygen atoms in total. The van der Waals surface area contributed by atoms with E-state index >= 15 is 0 Å². The zero-order valence-electron chi connectivity index (χ0n) is 39.7. The molecule has 4 N–H and O–H groups in total. The second kappa shape index (κ2) is 31.8. The quantitative estimate of drug-likeness (QED) is 0.172. The molecule has 0 aliphatic heterocycles. The molecule has 0 aliphatic carbocycles. The number of nitrogens with zero attached hydrogens (tertiary/aromatic N) is 6. The van der Waals surface area contributed by atoms with Gasteiger partial charge in [-0.05, 0) is 114 Å². The number of H-pyrrole nitrogens is 2. The van der Waals surface area contributed by atoms with Crippen LogP contribution in [0, 0.1) is 77.2 Å². The number of benzene rings is 4. The van der Waals surface area contributed by atoms with Gasteiger partial charge in [0, 0.05) is 82.1 Å². The van der Waals surface area contributed by atoms with Crippen LogP contribution in [0.1, 0.15) is 41.5 Å². The van der Waals surface area contributed by atoms with Crippen LogP contribution in [0.25, 0.3) is 88.5 Å². The summed E-state index contributed by atoms with van der Waals surface area (Å²) in [5.74, 6) is -4.85. The van der Waals surface area contributed by atoms with Gasteiger partial charge < -0.3 is 79.6 Å². The Hall–Kier alpha value is -7.55. The van der Waals surface area contributed by atoms with Crippen molar-refractivity contribution in [2.75, 3.05) is 0 Å². The third kappa shape index (κ3) is 19.8. The van der Waals surface area contributed by atoms with Crippen LogP contribution in [0.15, 0.2) is 122 Å². The number of fused-ring (bicyclic) bond motifs is 12. The summed E-state index contributed by atoms with van der Waals surface area (Å²) in [5, 5.41) is 77.4. The third-order valence-corrected chi connectivity index (χ3v) is 8.45. The molecule has 24 heteroatoms. The van der Waals surface area contributed by atoms with E-state index in [1.807, 2.05) is 72.8 Å². The smallest absolute Gasteiger partial charge is 0.550 e. The summed E-state index contributed by atoms with van der Waals surface area (Å²) >= 11 is 0. The van der Waals surface area contributed by atoms with Crippen LogP contribution in [0.2, 0.25) is 0 Å². The van der Waals surface area contributed by atoms with Crippen LogP contribution in [0.4, 0.5) is 0 Å². The number of aromatic hydroxyl groups is 2. The summed E-state index contributed by atoms with van der Waals surface area (Å²) in [6, 6.07) is 29.9. The van der Waals surface area contributed by atoms with Crippen molar-refractivity contribution in [2.24, 2.45) is 0 Å². The number of hydrogen-bond donors (Lipinski definition) is 4. The molecule has 0 aliphatic rings. The van der Waals surface area contributed by atoms with Gasteiger partial charge in [-0.1, -0.05) is 24.3 Å². The van der Waals surface area contributed by atoms with Crippen LogP contribution in [-0.4, -0.2) is 85.9 Å². The van der Waals surface area contributed by atoms with Gasteiger partial charge in [-0.25, -0.2) is 9.97 Å². The number of carboxylic acid groups (broad SMARTS) is 6. The van der Waals surface area contributed by atoms with E-state index in [4.69, 9.17) is 69.4 Å². The molecule has 6 aromatic heterocycles. The standard InChI is InChI=1S/2C19H12N4O.6C2H4O2.2Tb/c2*24-14-8-2-1-5-11(14)19-22-17-12-6-3-9-20-15(12)16-13(18(17)23-19)7-4-10-21-16;6*1-2(3)4;;/h2*1-10,24H,(H,22,23);6*1H3,(H,3,4);;/q;;;;;;;;2*+3/p-6. The normalized spacial score (nSPS) is 9.49. The van der Waals surface area contributed by atoms with E-state index in [0.29, 0.717) is 22.8 Å². The number of imidazole rings is 2. The average Bonchev–Trinajstić information content (AvgIpc) is 3.96. The molecular formula is C50H42N8O14Tb2. The minimum atomic E-state index is -1.08. The number of nitrogens with one attached hydrogen (secondary N) is 2. The second-order valence-electron chi connectivity index (χ2n) is 14.2. The fourth-order valence-electron chi connectivity index (χ4n) is 6.29. The second-order valence-corrected chi connectivity index (χ2v) is 14.2. The molecule has 0 radical (unpaired) electrons. The largest absolute Gasteiger partial charge is 3.00 e.